The van der Waals surface area contributed by atoms with Gasteiger partial charge in [0.1, 0.15) is 0 Å². The average molecular weight is 247 g/mol. The summed E-state index contributed by atoms with van der Waals surface area (Å²) in [6.07, 6.45) is 2.37. The van der Waals surface area contributed by atoms with Crippen molar-refractivity contribution < 1.29 is 4.52 Å². The zero-order valence-corrected chi connectivity index (χ0v) is 10.8. The Morgan fingerprint density at radius 3 is 2.83 bits per heavy atom. The zero-order chi connectivity index (χ0) is 13.3. The maximum atomic E-state index is 11.9. The van der Waals surface area contributed by atoms with Crippen LogP contribution in [-0.2, 0) is 6.42 Å². The van der Waals surface area contributed by atoms with Crippen molar-refractivity contribution in [3.63, 3.8) is 0 Å². The van der Waals surface area contributed by atoms with Gasteiger partial charge < -0.3 is 15.2 Å². The molecule has 2 aromatic heterocycles. The molecule has 2 heterocycles. The van der Waals surface area contributed by atoms with E-state index in [1.807, 2.05) is 6.92 Å². The van der Waals surface area contributed by atoms with Crippen LogP contribution in [-0.4, -0.2) is 10.1 Å². The van der Waals surface area contributed by atoms with Crippen molar-refractivity contribution in [2.24, 2.45) is 5.92 Å². The highest BCUT2D eigenvalue weighted by molar-refractivity contribution is 5.65. The second-order valence-corrected chi connectivity index (χ2v) is 4.87. The molecule has 18 heavy (non-hydrogen) atoms. The second kappa shape index (κ2) is 4.68. The molecule has 0 fully saturated rings. The predicted octanol–water partition coefficient (Wildman–Crippen LogP) is 2.12. The van der Waals surface area contributed by atoms with Crippen molar-refractivity contribution in [1.82, 2.24) is 10.1 Å². The summed E-state index contributed by atoms with van der Waals surface area (Å²) in [6.45, 7) is 5.99. The number of nitrogens with zero attached hydrogens (tertiary/aromatic N) is 1. The first kappa shape index (κ1) is 12.4. The monoisotopic (exact) mass is 247 g/mol. The standard InChI is InChI=1S/C13H17N3O2/c1-7(2)4-9-12(18-16-13(9)14)10-6-15-8(3)5-11(10)17/h5-7H,4H2,1-3H3,(H2,14,16)(H,15,17). The Morgan fingerprint density at radius 1 is 1.50 bits per heavy atom. The lowest BCUT2D eigenvalue weighted by Gasteiger charge is -2.05. The molecule has 0 aliphatic carbocycles. The molecule has 0 bridgehead atoms. The molecule has 96 valence electrons. The van der Waals surface area contributed by atoms with Gasteiger partial charge in [0.25, 0.3) is 0 Å². The van der Waals surface area contributed by atoms with Gasteiger partial charge in [0, 0.05) is 23.5 Å². The molecule has 0 spiro atoms. The Kier molecular flexibility index (Phi) is 3.23. The van der Waals surface area contributed by atoms with Crippen LogP contribution in [0.2, 0.25) is 0 Å². The van der Waals surface area contributed by atoms with E-state index in [0.29, 0.717) is 23.1 Å². The Hall–Kier alpha value is -2.04. The van der Waals surface area contributed by atoms with Crippen molar-refractivity contribution in [1.29, 1.82) is 0 Å². The van der Waals surface area contributed by atoms with Crippen LogP contribution in [0.3, 0.4) is 0 Å². The third kappa shape index (κ3) is 2.30. The second-order valence-electron chi connectivity index (χ2n) is 4.87. The van der Waals surface area contributed by atoms with Crippen LogP contribution in [0.5, 0.6) is 0 Å². The first-order valence-electron chi connectivity index (χ1n) is 5.92. The van der Waals surface area contributed by atoms with E-state index in [9.17, 15) is 4.79 Å². The minimum absolute atomic E-state index is 0.0904. The van der Waals surface area contributed by atoms with E-state index in [-0.39, 0.29) is 5.43 Å². The molecule has 0 atom stereocenters. The van der Waals surface area contributed by atoms with Gasteiger partial charge in [-0.15, -0.1) is 0 Å². The maximum Gasteiger partial charge on any atom is 0.192 e. The number of H-pyrrole nitrogens is 1. The molecular weight excluding hydrogens is 230 g/mol. The fourth-order valence-corrected chi connectivity index (χ4v) is 1.89. The Balaban J connectivity index is 2.54. The number of aryl methyl sites for hydroxylation is 1. The van der Waals surface area contributed by atoms with Gasteiger partial charge >= 0.3 is 0 Å². The van der Waals surface area contributed by atoms with Gasteiger partial charge in [-0.1, -0.05) is 19.0 Å². The van der Waals surface area contributed by atoms with Gasteiger partial charge in [0.15, 0.2) is 17.0 Å². The van der Waals surface area contributed by atoms with Gasteiger partial charge in [0.05, 0.1) is 5.56 Å². The lowest BCUT2D eigenvalue weighted by Crippen LogP contribution is -2.07. The SMILES string of the molecule is Cc1cc(=O)c(-c2onc(N)c2CC(C)C)c[nH]1. The first-order chi connectivity index (χ1) is 8.49. The van der Waals surface area contributed by atoms with Crippen LogP contribution in [0.1, 0.15) is 25.1 Å². The van der Waals surface area contributed by atoms with Crippen LogP contribution in [0.15, 0.2) is 21.6 Å². The van der Waals surface area contributed by atoms with E-state index in [0.717, 1.165) is 17.7 Å². The van der Waals surface area contributed by atoms with Crippen LogP contribution in [0, 0.1) is 12.8 Å². The Morgan fingerprint density at radius 2 is 2.22 bits per heavy atom. The van der Waals surface area contributed by atoms with E-state index in [1.54, 1.807) is 6.20 Å². The van der Waals surface area contributed by atoms with E-state index >= 15 is 0 Å². The first-order valence-corrected chi connectivity index (χ1v) is 5.92. The molecule has 3 N–H and O–H groups in total. The molecule has 0 aromatic carbocycles. The highest BCUT2D eigenvalue weighted by Gasteiger charge is 2.18. The number of nitrogen functional groups attached to an aromatic ring is 1. The number of anilines is 1. The number of nitrogens with one attached hydrogen (secondary N) is 1. The van der Waals surface area contributed by atoms with Crippen molar-refractivity contribution in [2.75, 3.05) is 5.73 Å². The fraction of sp³-hybridized carbons (Fsp3) is 0.385. The number of pyridine rings is 1. The summed E-state index contributed by atoms with van der Waals surface area (Å²) < 4.78 is 5.21. The molecule has 2 rings (SSSR count). The maximum absolute atomic E-state index is 11.9. The van der Waals surface area contributed by atoms with Crippen molar-refractivity contribution in [2.45, 2.75) is 27.2 Å². The third-order valence-electron chi connectivity index (χ3n) is 2.73. The van der Waals surface area contributed by atoms with Crippen LogP contribution < -0.4 is 11.2 Å². The normalized spacial score (nSPS) is 11.1. The smallest absolute Gasteiger partial charge is 0.192 e. The summed E-state index contributed by atoms with van der Waals surface area (Å²) in [6, 6.07) is 1.53. The van der Waals surface area contributed by atoms with Gasteiger partial charge in [-0.05, 0) is 19.3 Å². The molecular formula is C13H17N3O2. The molecule has 0 radical (unpaired) electrons. The quantitative estimate of drug-likeness (QED) is 0.870. The molecule has 5 nitrogen and oxygen atoms in total. The Labute approximate surface area is 105 Å². The molecule has 0 amide bonds. The van der Waals surface area contributed by atoms with E-state index in [1.165, 1.54) is 6.07 Å². The van der Waals surface area contributed by atoms with Crippen LogP contribution >= 0.6 is 0 Å². The summed E-state index contributed by atoms with van der Waals surface area (Å²) >= 11 is 0. The number of aromatic nitrogens is 2. The molecule has 0 saturated heterocycles. The number of aromatic amines is 1. The molecule has 0 saturated carbocycles. The lowest BCUT2D eigenvalue weighted by atomic mass is 10.0. The number of hydrogen-bond donors (Lipinski definition) is 2. The zero-order valence-electron chi connectivity index (χ0n) is 10.8. The predicted molar refractivity (Wildman–Crippen MR) is 70.3 cm³/mol. The van der Waals surface area contributed by atoms with Crippen LogP contribution in [0.4, 0.5) is 5.82 Å². The minimum Gasteiger partial charge on any atom is -0.381 e. The van der Waals surface area contributed by atoms with Crippen molar-refractivity contribution in [3.8, 4) is 11.3 Å². The summed E-state index contributed by atoms with van der Waals surface area (Å²) in [5.74, 6) is 1.25. The summed E-state index contributed by atoms with van der Waals surface area (Å²) in [4.78, 5) is 14.9. The van der Waals surface area contributed by atoms with Gasteiger partial charge in [0.2, 0.25) is 0 Å². The summed E-state index contributed by atoms with van der Waals surface area (Å²) in [7, 11) is 0. The number of hydrogen-bond acceptors (Lipinski definition) is 4. The average Bonchev–Trinajstić information content (AvgIpc) is 2.60. The molecule has 5 heteroatoms. The van der Waals surface area contributed by atoms with E-state index < -0.39 is 0 Å². The Bertz CT molecular complexity index is 611. The van der Waals surface area contributed by atoms with Gasteiger partial charge in [-0.2, -0.15) is 0 Å². The molecule has 0 aliphatic heterocycles. The third-order valence-corrected chi connectivity index (χ3v) is 2.73. The summed E-state index contributed by atoms with van der Waals surface area (Å²) in [5.41, 5.74) is 7.78. The highest BCUT2D eigenvalue weighted by atomic mass is 16.5. The largest absolute Gasteiger partial charge is 0.381 e. The highest BCUT2D eigenvalue weighted by Crippen LogP contribution is 2.27. The van der Waals surface area contributed by atoms with Gasteiger partial charge in [-0.3, -0.25) is 4.79 Å². The van der Waals surface area contributed by atoms with E-state index in [4.69, 9.17) is 10.3 Å². The molecule has 0 aliphatic rings. The molecule has 2 aromatic rings. The van der Waals surface area contributed by atoms with Crippen LogP contribution in [0.25, 0.3) is 11.3 Å². The minimum atomic E-state index is -0.0904. The van der Waals surface area contributed by atoms with Crippen molar-refractivity contribution >= 4 is 5.82 Å². The van der Waals surface area contributed by atoms with Gasteiger partial charge in [-0.25, -0.2) is 0 Å². The number of rotatable bonds is 3. The topological polar surface area (TPSA) is 84.9 Å². The molecule has 0 unspecified atom stereocenters. The number of nitrogens with two attached hydrogens (primary N) is 1. The summed E-state index contributed by atoms with van der Waals surface area (Å²) in [5, 5.41) is 3.76. The van der Waals surface area contributed by atoms with Crippen molar-refractivity contribution in [3.05, 3.63) is 33.7 Å². The van der Waals surface area contributed by atoms with E-state index in [2.05, 4.69) is 24.0 Å². The fourth-order valence-electron chi connectivity index (χ4n) is 1.89. The lowest BCUT2D eigenvalue weighted by molar-refractivity contribution is 0.434.